The number of benzene rings is 1. The summed E-state index contributed by atoms with van der Waals surface area (Å²) in [6.45, 7) is 0.782. The summed E-state index contributed by atoms with van der Waals surface area (Å²) < 4.78 is 10.6. The van der Waals surface area contributed by atoms with E-state index in [1.807, 2.05) is 30.3 Å². The number of carbonyl (C=O) groups is 1. The number of pyridine rings is 1. The van der Waals surface area contributed by atoms with Crippen molar-refractivity contribution < 1.29 is 14.3 Å². The van der Waals surface area contributed by atoms with E-state index in [1.54, 1.807) is 6.07 Å². The second kappa shape index (κ2) is 7.13. The maximum absolute atomic E-state index is 11.6. The number of aromatic nitrogens is 1. The molecule has 1 aromatic heterocycles. The Morgan fingerprint density at radius 2 is 1.90 bits per heavy atom. The Morgan fingerprint density at radius 1 is 1.10 bits per heavy atom. The molecule has 5 nitrogen and oxygen atoms in total. The van der Waals surface area contributed by atoms with Crippen molar-refractivity contribution in [3.05, 3.63) is 54.4 Å². The van der Waals surface area contributed by atoms with Crippen molar-refractivity contribution in [2.45, 2.75) is 6.42 Å². The fraction of sp³-hybridized carbons (Fsp3) is 0.200. The molecule has 2 aromatic rings. The largest absolute Gasteiger partial charge is 0.493 e. The SMILES string of the molecule is Nc1ccc(C(=O)OCCCOc2ccccc2)nc1. The second-order valence-corrected chi connectivity index (χ2v) is 4.13. The van der Waals surface area contributed by atoms with Gasteiger partial charge in [-0.25, -0.2) is 9.78 Å². The van der Waals surface area contributed by atoms with Crippen molar-refractivity contribution in [3.63, 3.8) is 0 Å². The van der Waals surface area contributed by atoms with Crippen LogP contribution in [0.1, 0.15) is 16.9 Å². The Balaban J connectivity index is 1.66. The number of carbonyl (C=O) groups excluding carboxylic acids is 1. The van der Waals surface area contributed by atoms with Gasteiger partial charge < -0.3 is 15.2 Å². The summed E-state index contributed by atoms with van der Waals surface area (Å²) in [6.07, 6.45) is 2.05. The molecule has 104 valence electrons. The highest BCUT2D eigenvalue weighted by Crippen LogP contribution is 2.08. The molecule has 0 amide bonds. The van der Waals surface area contributed by atoms with Crippen LogP contribution in [0.5, 0.6) is 5.75 Å². The Kier molecular flexibility index (Phi) is 4.94. The molecule has 2 N–H and O–H groups in total. The standard InChI is InChI=1S/C15H16N2O3/c16-12-7-8-14(17-11-12)15(18)20-10-4-9-19-13-5-2-1-3-6-13/h1-3,5-8,11H,4,9-10,16H2. The van der Waals surface area contributed by atoms with Gasteiger partial charge in [0.05, 0.1) is 25.1 Å². The van der Waals surface area contributed by atoms with Crippen LogP contribution in [0.3, 0.4) is 0 Å². The van der Waals surface area contributed by atoms with E-state index >= 15 is 0 Å². The minimum absolute atomic E-state index is 0.253. The van der Waals surface area contributed by atoms with Crippen molar-refractivity contribution >= 4 is 11.7 Å². The van der Waals surface area contributed by atoms with Gasteiger partial charge in [-0.3, -0.25) is 0 Å². The monoisotopic (exact) mass is 272 g/mol. The highest BCUT2D eigenvalue weighted by molar-refractivity contribution is 5.87. The van der Waals surface area contributed by atoms with Gasteiger partial charge in [0.25, 0.3) is 0 Å². The molecule has 20 heavy (non-hydrogen) atoms. The van der Waals surface area contributed by atoms with Gasteiger partial charge in [-0.15, -0.1) is 0 Å². The van der Waals surface area contributed by atoms with Gasteiger partial charge in [-0.1, -0.05) is 18.2 Å². The molecule has 0 spiro atoms. The Hall–Kier alpha value is -2.56. The third-order valence-electron chi connectivity index (χ3n) is 2.53. The molecule has 0 aliphatic carbocycles. The van der Waals surface area contributed by atoms with Crippen molar-refractivity contribution in [2.75, 3.05) is 18.9 Å². The fourth-order valence-corrected chi connectivity index (χ4v) is 1.53. The lowest BCUT2D eigenvalue weighted by Gasteiger charge is -2.06. The van der Waals surface area contributed by atoms with E-state index in [0.717, 1.165) is 5.75 Å². The molecule has 0 bridgehead atoms. The molecule has 0 saturated heterocycles. The molecule has 2 rings (SSSR count). The van der Waals surface area contributed by atoms with E-state index in [-0.39, 0.29) is 12.3 Å². The Morgan fingerprint density at radius 3 is 2.60 bits per heavy atom. The first-order valence-electron chi connectivity index (χ1n) is 6.32. The van der Waals surface area contributed by atoms with Crippen LogP contribution < -0.4 is 10.5 Å². The quantitative estimate of drug-likeness (QED) is 0.645. The van der Waals surface area contributed by atoms with Crippen LogP contribution >= 0.6 is 0 Å². The average Bonchev–Trinajstić information content (AvgIpc) is 2.48. The molecule has 0 radical (unpaired) electrons. The van der Waals surface area contributed by atoms with Crippen LogP contribution in [0, 0.1) is 0 Å². The molecule has 1 heterocycles. The molecular formula is C15H16N2O3. The van der Waals surface area contributed by atoms with Gasteiger partial charge >= 0.3 is 5.97 Å². The average molecular weight is 272 g/mol. The number of hydrogen-bond donors (Lipinski definition) is 1. The van der Waals surface area contributed by atoms with Crippen LogP contribution in [0.4, 0.5) is 5.69 Å². The topological polar surface area (TPSA) is 74.4 Å². The minimum atomic E-state index is -0.454. The lowest BCUT2D eigenvalue weighted by atomic mass is 10.3. The van der Waals surface area contributed by atoms with Crippen LogP contribution in [0.25, 0.3) is 0 Å². The lowest BCUT2D eigenvalue weighted by molar-refractivity contribution is 0.0479. The molecule has 0 aliphatic rings. The van der Waals surface area contributed by atoms with Crippen molar-refractivity contribution in [1.29, 1.82) is 0 Å². The molecule has 0 atom stereocenters. The Bertz CT molecular complexity index is 541. The second-order valence-electron chi connectivity index (χ2n) is 4.13. The molecule has 0 aliphatic heterocycles. The molecule has 0 saturated carbocycles. The van der Waals surface area contributed by atoms with Crippen LogP contribution in [0.15, 0.2) is 48.7 Å². The molecule has 0 fully saturated rings. The summed E-state index contributed by atoms with van der Waals surface area (Å²) in [5.41, 5.74) is 6.26. The number of rotatable bonds is 6. The molecule has 5 heteroatoms. The van der Waals surface area contributed by atoms with Crippen LogP contribution in [-0.4, -0.2) is 24.2 Å². The number of para-hydroxylation sites is 1. The number of ether oxygens (including phenoxy) is 2. The van der Waals surface area contributed by atoms with E-state index < -0.39 is 5.97 Å². The zero-order valence-electron chi connectivity index (χ0n) is 11.0. The number of nitrogens with zero attached hydrogens (tertiary/aromatic N) is 1. The van der Waals surface area contributed by atoms with E-state index in [4.69, 9.17) is 15.2 Å². The summed E-state index contributed by atoms with van der Waals surface area (Å²) in [5.74, 6) is 0.351. The zero-order valence-corrected chi connectivity index (χ0v) is 11.0. The van der Waals surface area contributed by atoms with Crippen molar-refractivity contribution in [2.24, 2.45) is 0 Å². The maximum atomic E-state index is 11.6. The van der Waals surface area contributed by atoms with Gasteiger partial charge in [-0.05, 0) is 24.3 Å². The predicted octanol–water partition coefficient (Wildman–Crippen LogP) is 2.29. The van der Waals surface area contributed by atoms with Gasteiger partial charge in [0.15, 0.2) is 0 Å². The third kappa shape index (κ3) is 4.28. The van der Waals surface area contributed by atoms with E-state index in [2.05, 4.69) is 4.98 Å². The van der Waals surface area contributed by atoms with Crippen molar-refractivity contribution in [1.82, 2.24) is 4.98 Å². The van der Waals surface area contributed by atoms with Crippen LogP contribution in [-0.2, 0) is 4.74 Å². The first-order valence-corrected chi connectivity index (χ1v) is 6.32. The number of hydrogen-bond acceptors (Lipinski definition) is 5. The normalized spacial score (nSPS) is 10.0. The molecule has 1 aromatic carbocycles. The van der Waals surface area contributed by atoms with Gasteiger partial charge in [0, 0.05) is 6.42 Å². The molecule has 0 unspecified atom stereocenters. The number of esters is 1. The first-order chi connectivity index (χ1) is 9.75. The van der Waals surface area contributed by atoms with Gasteiger partial charge in [-0.2, -0.15) is 0 Å². The summed E-state index contributed by atoms with van der Waals surface area (Å²) in [5, 5.41) is 0. The van der Waals surface area contributed by atoms with E-state index in [9.17, 15) is 4.79 Å². The molecular weight excluding hydrogens is 256 g/mol. The number of nitrogens with two attached hydrogens (primary N) is 1. The number of nitrogen functional groups attached to an aromatic ring is 1. The van der Waals surface area contributed by atoms with Crippen molar-refractivity contribution in [3.8, 4) is 5.75 Å². The highest BCUT2D eigenvalue weighted by Gasteiger charge is 2.07. The highest BCUT2D eigenvalue weighted by atomic mass is 16.5. The Labute approximate surface area is 117 Å². The fourth-order valence-electron chi connectivity index (χ4n) is 1.53. The lowest BCUT2D eigenvalue weighted by Crippen LogP contribution is -2.10. The summed E-state index contributed by atoms with van der Waals surface area (Å²) in [7, 11) is 0. The van der Waals surface area contributed by atoms with E-state index in [1.165, 1.54) is 12.3 Å². The van der Waals surface area contributed by atoms with E-state index in [0.29, 0.717) is 18.7 Å². The zero-order chi connectivity index (χ0) is 14.2. The van der Waals surface area contributed by atoms with Gasteiger partial charge in [0.2, 0.25) is 0 Å². The third-order valence-corrected chi connectivity index (χ3v) is 2.53. The van der Waals surface area contributed by atoms with Gasteiger partial charge in [0.1, 0.15) is 11.4 Å². The smallest absolute Gasteiger partial charge is 0.356 e. The summed E-state index contributed by atoms with van der Waals surface area (Å²) in [4.78, 5) is 15.5. The predicted molar refractivity (Wildman–Crippen MR) is 75.5 cm³/mol. The summed E-state index contributed by atoms with van der Waals surface area (Å²) in [6, 6.07) is 12.6. The summed E-state index contributed by atoms with van der Waals surface area (Å²) >= 11 is 0. The maximum Gasteiger partial charge on any atom is 0.356 e. The number of anilines is 1. The van der Waals surface area contributed by atoms with Crippen LogP contribution in [0.2, 0.25) is 0 Å². The minimum Gasteiger partial charge on any atom is -0.493 e. The first kappa shape index (κ1) is 13.9.